The molecular formula is C15H17N3O2. The molecule has 5 nitrogen and oxygen atoms in total. The van der Waals surface area contributed by atoms with Crippen LogP contribution in [0.5, 0.6) is 0 Å². The molecule has 2 aromatic rings. The van der Waals surface area contributed by atoms with E-state index in [2.05, 4.69) is 15.3 Å². The number of rotatable bonds is 5. The van der Waals surface area contributed by atoms with E-state index in [4.69, 9.17) is 4.74 Å². The first-order valence-electron chi connectivity index (χ1n) is 6.33. The maximum atomic E-state index is 12.0. The Bertz CT molecular complexity index is 582. The van der Waals surface area contributed by atoms with Crippen molar-refractivity contribution in [2.24, 2.45) is 0 Å². The summed E-state index contributed by atoms with van der Waals surface area (Å²) >= 11 is 0. The van der Waals surface area contributed by atoms with Crippen molar-refractivity contribution in [3.8, 4) is 0 Å². The van der Waals surface area contributed by atoms with Crippen LogP contribution in [0.25, 0.3) is 0 Å². The Morgan fingerprint density at radius 2 is 1.95 bits per heavy atom. The zero-order valence-corrected chi connectivity index (χ0v) is 11.6. The summed E-state index contributed by atoms with van der Waals surface area (Å²) in [4.78, 5) is 20.1. The molecule has 0 aliphatic carbocycles. The summed E-state index contributed by atoms with van der Waals surface area (Å²) in [6.45, 7) is 2.79. The zero-order chi connectivity index (χ0) is 14.4. The third kappa shape index (κ3) is 3.61. The van der Waals surface area contributed by atoms with Gasteiger partial charge in [0.25, 0.3) is 5.91 Å². The quantitative estimate of drug-likeness (QED) is 0.901. The fraction of sp³-hybridized carbons (Fsp3) is 0.267. The lowest BCUT2D eigenvalue weighted by Gasteiger charge is -2.09. The predicted molar refractivity (Wildman–Crippen MR) is 75.1 cm³/mol. The van der Waals surface area contributed by atoms with Gasteiger partial charge in [0.1, 0.15) is 5.69 Å². The van der Waals surface area contributed by atoms with Crippen LogP contribution < -0.4 is 5.32 Å². The molecule has 5 heteroatoms. The molecule has 0 bridgehead atoms. The van der Waals surface area contributed by atoms with Crippen molar-refractivity contribution < 1.29 is 9.53 Å². The number of ether oxygens (including phenoxy) is 1. The molecule has 0 saturated carbocycles. The SMILES string of the molecule is COCc1ccccc1CNC(=O)c1cnc(C)cn1. The Kier molecular flexibility index (Phi) is 4.79. The van der Waals surface area contributed by atoms with E-state index in [0.717, 1.165) is 16.8 Å². The highest BCUT2D eigenvalue weighted by Gasteiger charge is 2.08. The Morgan fingerprint density at radius 3 is 2.60 bits per heavy atom. The molecule has 2 rings (SSSR count). The van der Waals surface area contributed by atoms with Gasteiger partial charge in [0.2, 0.25) is 0 Å². The van der Waals surface area contributed by atoms with Gasteiger partial charge in [0.15, 0.2) is 0 Å². The van der Waals surface area contributed by atoms with E-state index >= 15 is 0 Å². The van der Waals surface area contributed by atoms with Crippen molar-refractivity contribution in [1.82, 2.24) is 15.3 Å². The Morgan fingerprint density at radius 1 is 1.20 bits per heavy atom. The molecule has 0 unspecified atom stereocenters. The standard InChI is InChI=1S/C15H17N3O2/c1-11-7-17-14(9-16-11)15(19)18-8-12-5-3-4-6-13(12)10-20-2/h3-7,9H,8,10H2,1-2H3,(H,18,19). The summed E-state index contributed by atoms with van der Waals surface area (Å²) in [7, 11) is 1.65. The number of nitrogens with one attached hydrogen (secondary N) is 1. The number of aryl methyl sites for hydroxylation is 1. The third-order valence-corrected chi connectivity index (χ3v) is 2.87. The van der Waals surface area contributed by atoms with Gasteiger partial charge >= 0.3 is 0 Å². The average molecular weight is 271 g/mol. The van der Waals surface area contributed by atoms with Crippen LogP contribution in [-0.2, 0) is 17.9 Å². The summed E-state index contributed by atoms with van der Waals surface area (Å²) in [6, 6.07) is 7.84. The molecular weight excluding hydrogens is 254 g/mol. The number of hydrogen-bond acceptors (Lipinski definition) is 4. The molecule has 1 aromatic heterocycles. The van der Waals surface area contributed by atoms with E-state index in [0.29, 0.717) is 18.8 Å². The molecule has 0 spiro atoms. The molecule has 0 atom stereocenters. The van der Waals surface area contributed by atoms with Crippen molar-refractivity contribution in [1.29, 1.82) is 0 Å². The van der Waals surface area contributed by atoms with Gasteiger partial charge in [-0.2, -0.15) is 0 Å². The van der Waals surface area contributed by atoms with Crippen LogP contribution >= 0.6 is 0 Å². The highest BCUT2D eigenvalue weighted by atomic mass is 16.5. The summed E-state index contributed by atoms with van der Waals surface area (Å²) in [5, 5.41) is 2.84. The minimum absolute atomic E-state index is 0.232. The second-order valence-corrected chi connectivity index (χ2v) is 4.43. The molecule has 20 heavy (non-hydrogen) atoms. The second kappa shape index (κ2) is 6.77. The van der Waals surface area contributed by atoms with Crippen LogP contribution in [0.15, 0.2) is 36.7 Å². The molecule has 0 radical (unpaired) electrons. The third-order valence-electron chi connectivity index (χ3n) is 2.87. The van der Waals surface area contributed by atoms with Crippen molar-refractivity contribution >= 4 is 5.91 Å². The predicted octanol–water partition coefficient (Wildman–Crippen LogP) is 1.86. The average Bonchev–Trinajstić information content (AvgIpc) is 2.47. The molecule has 104 valence electrons. The van der Waals surface area contributed by atoms with Crippen LogP contribution in [0.2, 0.25) is 0 Å². The summed E-state index contributed by atoms with van der Waals surface area (Å²) in [5.41, 5.74) is 3.19. The van der Waals surface area contributed by atoms with Gasteiger partial charge in [-0.1, -0.05) is 24.3 Å². The number of carbonyl (C=O) groups excluding carboxylic acids is 1. The van der Waals surface area contributed by atoms with E-state index in [1.165, 1.54) is 6.20 Å². The lowest BCUT2D eigenvalue weighted by molar-refractivity contribution is 0.0945. The first-order chi connectivity index (χ1) is 9.70. The van der Waals surface area contributed by atoms with Gasteiger partial charge in [-0.3, -0.25) is 9.78 Å². The first kappa shape index (κ1) is 14.1. The largest absolute Gasteiger partial charge is 0.380 e. The Hall–Kier alpha value is -2.27. The van der Waals surface area contributed by atoms with Gasteiger partial charge in [-0.05, 0) is 18.1 Å². The normalized spacial score (nSPS) is 10.3. The summed E-state index contributed by atoms with van der Waals surface area (Å²) in [5.74, 6) is -0.232. The molecule has 0 saturated heterocycles. The number of carbonyl (C=O) groups is 1. The van der Waals surface area contributed by atoms with Gasteiger partial charge in [0, 0.05) is 19.9 Å². The van der Waals surface area contributed by atoms with E-state index in [9.17, 15) is 4.79 Å². The Labute approximate surface area is 118 Å². The molecule has 1 N–H and O–H groups in total. The number of aromatic nitrogens is 2. The maximum Gasteiger partial charge on any atom is 0.271 e. The van der Waals surface area contributed by atoms with Gasteiger partial charge in [-0.25, -0.2) is 4.98 Å². The van der Waals surface area contributed by atoms with Crippen LogP contribution in [0.4, 0.5) is 0 Å². The molecule has 0 aliphatic heterocycles. The van der Waals surface area contributed by atoms with Gasteiger partial charge < -0.3 is 10.1 Å². The van der Waals surface area contributed by atoms with E-state index in [-0.39, 0.29) is 5.91 Å². The Balaban J connectivity index is 2.01. The van der Waals surface area contributed by atoms with E-state index < -0.39 is 0 Å². The fourth-order valence-electron chi connectivity index (χ4n) is 1.80. The lowest BCUT2D eigenvalue weighted by atomic mass is 10.1. The van der Waals surface area contributed by atoms with Gasteiger partial charge in [0.05, 0.1) is 18.5 Å². The molecule has 0 fully saturated rings. The first-order valence-corrected chi connectivity index (χ1v) is 6.33. The second-order valence-electron chi connectivity index (χ2n) is 4.43. The van der Waals surface area contributed by atoms with Crippen LogP contribution in [0.1, 0.15) is 27.3 Å². The minimum atomic E-state index is -0.232. The monoisotopic (exact) mass is 271 g/mol. The molecule has 1 aromatic carbocycles. The summed E-state index contributed by atoms with van der Waals surface area (Å²) < 4.78 is 5.14. The number of methoxy groups -OCH3 is 1. The van der Waals surface area contributed by atoms with E-state index in [1.54, 1.807) is 13.3 Å². The maximum absolute atomic E-state index is 12.0. The molecule has 0 aliphatic rings. The molecule has 1 amide bonds. The minimum Gasteiger partial charge on any atom is -0.380 e. The van der Waals surface area contributed by atoms with Crippen molar-refractivity contribution in [2.75, 3.05) is 7.11 Å². The van der Waals surface area contributed by atoms with E-state index in [1.807, 2.05) is 31.2 Å². The highest BCUT2D eigenvalue weighted by molar-refractivity contribution is 5.91. The number of benzene rings is 1. The number of hydrogen-bond donors (Lipinski definition) is 1. The molecule has 1 heterocycles. The highest BCUT2D eigenvalue weighted by Crippen LogP contribution is 2.09. The van der Waals surface area contributed by atoms with Crippen LogP contribution in [-0.4, -0.2) is 23.0 Å². The number of amides is 1. The number of nitrogens with zero attached hydrogens (tertiary/aromatic N) is 2. The van der Waals surface area contributed by atoms with Crippen LogP contribution in [0.3, 0.4) is 0 Å². The van der Waals surface area contributed by atoms with Gasteiger partial charge in [-0.15, -0.1) is 0 Å². The fourth-order valence-corrected chi connectivity index (χ4v) is 1.80. The zero-order valence-electron chi connectivity index (χ0n) is 11.6. The van der Waals surface area contributed by atoms with Crippen molar-refractivity contribution in [3.05, 3.63) is 59.2 Å². The summed E-state index contributed by atoms with van der Waals surface area (Å²) in [6.07, 6.45) is 3.06. The van der Waals surface area contributed by atoms with Crippen molar-refractivity contribution in [2.45, 2.75) is 20.1 Å². The van der Waals surface area contributed by atoms with Crippen molar-refractivity contribution in [3.63, 3.8) is 0 Å². The lowest BCUT2D eigenvalue weighted by Crippen LogP contribution is -2.24. The van der Waals surface area contributed by atoms with Crippen LogP contribution in [0, 0.1) is 6.92 Å². The smallest absolute Gasteiger partial charge is 0.271 e. The topological polar surface area (TPSA) is 64.1 Å².